The van der Waals surface area contributed by atoms with E-state index in [1.807, 2.05) is 12.1 Å². The number of hydrogen-bond acceptors (Lipinski definition) is 2. The van der Waals surface area contributed by atoms with Gasteiger partial charge in [-0.25, -0.2) is 4.39 Å². The van der Waals surface area contributed by atoms with Crippen LogP contribution in [0.2, 0.25) is 0 Å². The first-order chi connectivity index (χ1) is 10.1. The largest absolute Gasteiger partial charge is 0.497 e. The highest BCUT2D eigenvalue weighted by Gasteiger charge is 2.20. The monoisotopic (exact) mass is 288 g/mol. The van der Waals surface area contributed by atoms with Crippen LogP contribution in [0.25, 0.3) is 0 Å². The number of carboxylic acids is 1. The summed E-state index contributed by atoms with van der Waals surface area (Å²) in [5.74, 6) is -1.29. The van der Waals surface area contributed by atoms with Crippen LogP contribution in [0.15, 0.2) is 48.5 Å². The molecule has 2 aromatic rings. The van der Waals surface area contributed by atoms with Crippen molar-refractivity contribution in [2.24, 2.45) is 5.92 Å². The van der Waals surface area contributed by atoms with E-state index in [0.717, 1.165) is 5.56 Å². The fraction of sp³-hybridized carbons (Fsp3) is 0.235. The minimum atomic E-state index is -0.930. The molecule has 21 heavy (non-hydrogen) atoms. The fourth-order valence-corrected chi connectivity index (χ4v) is 2.26. The first-order valence-corrected chi connectivity index (χ1v) is 6.69. The third kappa shape index (κ3) is 4.05. The lowest BCUT2D eigenvalue weighted by Crippen LogP contribution is -2.19. The first kappa shape index (κ1) is 15.0. The van der Waals surface area contributed by atoms with Crippen molar-refractivity contribution in [2.45, 2.75) is 12.8 Å². The summed E-state index contributed by atoms with van der Waals surface area (Å²) >= 11 is 0. The van der Waals surface area contributed by atoms with Gasteiger partial charge in [-0.1, -0.05) is 30.3 Å². The molecule has 0 saturated heterocycles. The van der Waals surface area contributed by atoms with Gasteiger partial charge in [0.2, 0.25) is 0 Å². The topological polar surface area (TPSA) is 46.5 Å². The summed E-state index contributed by atoms with van der Waals surface area (Å²) in [5, 5.41) is 9.36. The summed E-state index contributed by atoms with van der Waals surface area (Å²) in [5.41, 5.74) is 1.28. The minimum Gasteiger partial charge on any atom is -0.497 e. The Bertz CT molecular complexity index is 625. The summed E-state index contributed by atoms with van der Waals surface area (Å²) < 4.78 is 18.8. The van der Waals surface area contributed by atoms with Crippen LogP contribution in [0.1, 0.15) is 11.1 Å². The normalized spacial score (nSPS) is 11.9. The molecule has 0 fully saturated rings. The lowest BCUT2D eigenvalue weighted by molar-refractivity contribution is -0.141. The van der Waals surface area contributed by atoms with Gasteiger partial charge in [-0.3, -0.25) is 4.79 Å². The van der Waals surface area contributed by atoms with E-state index in [2.05, 4.69) is 0 Å². The zero-order valence-corrected chi connectivity index (χ0v) is 11.8. The van der Waals surface area contributed by atoms with Gasteiger partial charge < -0.3 is 9.84 Å². The van der Waals surface area contributed by atoms with E-state index in [0.29, 0.717) is 17.7 Å². The number of hydrogen-bond donors (Lipinski definition) is 1. The predicted octanol–water partition coefficient (Wildman–Crippen LogP) is 3.32. The van der Waals surface area contributed by atoms with Crippen molar-refractivity contribution < 1.29 is 19.0 Å². The lowest BCUT2D eigenvalue weighted by atomic mass is 9.92. The number of benzene rings is 2. The zero-order chi connectivity index (χ0) is 15.2. The Balaban J connectivity index is 2.16. The number of aliphatic carboxylic acids is 1. The van der Waals surface area contributed by atoms with Crippen LogP contribution >= 0.6 is 0 Å². The Morgan fingerprint density at radius 3 is 2.62 bits per heavy atom. The molecule has 0 aliphatic rings. The van der Waals surface area contributed by atoms with Gasteiger partial charge in [0.05, 0.1) is 13.0 Å². The Hall–Kier alpha value is -2.36. The molecule has 1 unspecified atom stereocenters. The highest BCUT2D eigenvalue weighted by molar-refractivity contribution is 5.71. The average molecular weight is 288 g/mol. The third-order valence-corrected chi connectivity index (χ3v) is 3.39. The van der Waals surface area contributed by atoms with Crippen molar-refractivity contribution in [3.05, 3.63) is 65.5 Å². The van der Waals surface area contributed by atoms with Gasteiger partial charge in [0, 0.05) is 0 Å². The molecule has 0 aliphatic heterocycles. The Labute approximate surface area is 123 Å². The molecule has 2 rings (SSSR count). The molecular formula is C17H17FO3. The Morgan fingerprint density at radius 2 is 1.95 bits per heavy atom. The van der Waals surface area contributed by atoms with Gasteiger partial charge in [-0.15, -0.1) is 0 Å². The first-order valence-electron chi connectivity index (χ1n) is 6.69. The molecule has 0 heterocycles. The summed E-state index contributed by atoms with van der Waals surface area (Å²) in [6.07, 6.45) is 0.500. The van der Waals surface area contributed by atoms with Gasteiger partial charge >= 0.3 is 5.97 Å². The molecule has 110 valence electrons. The standard InChI is InChI=1S/C17H17FO3/c1-21-15-7-4-5-12(10-15)9-14(17(19)20)11-13-6-2-3-8-16(13)18/h2-8,10,14H,9,11H2,1H3,(H,19,20). The van der Waals surface area contributed by atoms with Crippen LogP contribution in [-0.2, 0) is 17.6 Å². The lowest BCUT2D eigenvalue weighted by Gasteiger charge is -2.13. The van der Waals surface area contributed by atoms with Gasteiger partial charge in [-0.2, -0.15) is 0 Å². The molecule has 2 aromatic carbocycles. The van der Waals surface area contributed by atoms with E-state index in [1.165, 1.54) is 6.07 Å². The van der Waals surface area contributed by atoms with Crippen LogP contribution in [0.3, 0.4) is 0 Å². The van der Waals surface area contributed by atoms with E-state index in [-0.39, 0.29) is 12.2 Å². The van der Waals surface area contributed by atoms with E-state index in [9.17, 15) is 14.3 Å². The molecule has 3 nitrogen and oxygen atoms in total. The van der Waals surface area contributed by atoms with Crippen LogP contribution in [0.5, 0.6) is 5.75 Å². The molecule has 0 amide bonds. The second-order valence-electron chi connectivity index (χ2n) is 4.89. The molecule has 0 radical (unpaired) electrons. The molecule has 0 aromatic heterocycles. The van der Waals surface area contributed by atoms with Crippen molar-refractivity contribution in [3.8, 4) is 5.75 Å². The Morgan fingerprint density at radius 1 is 1.19 bits per heavy atom. The van der Waals surface area contributed by atoms with Crippen molar-refractivity contribution in [1.82, 2.24) is 0 Å². The maximum absolute atomic E-state index is 13.7. The van der Waals surface area contributed by atoms with Crippen LogP contribution in [0, 0.1) is 11.7 Å². The smallest absolute Gasteiger partial charge is 0.307 e. The number of carboxylic acid groups (broad SMARTS) is 1. The van der Waals surface area contributed by atoms with E-state index in [4.69, 9.17) is 4.74 Å². The SMILES string of the molecule is COc1cccc(CC(Cc2ccccc2F)C(=O)O)c1. The molecule has 1 N–H and O–H groups in total. The third-order valence-electron chi connectivity index (χ3n) is 3.39. The summed E-state index contributed by atoms with van der Waals surface area (Å²) in [7, 11) is 1.56. The predicted molar refractivity (Wildman–Crippen MR) is 77.9 cm³/mol. The summed E-state index contributed by atoms with van der Waals surface area (Å²) in [4.78, 5) is 11.4. The van der Waals surface area contributed by atoms with Crippen molar-refractivity contribution in [1.29, 1.82) is 0 Å². The number of halogens is 1. The van der Waals surface area contributed by atoms with Crippen LogP contribution < -0.4 is 4.74 Å². The Kier molecular flexibility index (Phi) is 4.93. The van der Waals surface area contributed by atoms with Gasteiger partial charge in [0.1, 0.15) is 11.6 Å². The van der Waals surface area contributed by atoms with Crippen molar-refractivity contribution in [2.75, 3.05) is 7.11 Å². The van der Waals surface area contributed by atoms with Crippen molar-refractivity contribution in [3.63, 3.8) is 0 Å². The van der Waals surface area contributed by atoms with Gasteiger partial charge in [0.15, 0.2) is 0 Å². The highest BCUT2D eigenvalue weighted by Crippen LogP contribution is 2.20. The molecule has 0 aliphatic carbocycles. The van der Waals surface area contributed by atoms with E-state index < -0.39 is 11.9 Å². The number of rotatable bonds is 6. The minimum absolute atomic E-state index is 0.166. The zero-order valence-electron chi connectivity index (χ0n) is 11.8. The number of carbonyl (C=O) groups is 1. The highest BCUT2D eigenvalue weighted by atomic mass is 19.1. The van der Waals surface area contributed by atoms with E-state index in [1.54, 1.807) is 37.4 Å². The quantitative estimate of drug-likeness (QED) is 0.887. The van der Waals surface area contributed by atoms with E-state index >= 15 is 0 Å². The summed E-state index contributed by atoms with van der Waals surface area (Å²) in [6.45, 7) is 0. The number of ether oxygens (including phenoxy) is 1. The van der Waals surface area contributed by atoms with Crippen LogP contribution in [-0.4, -0.2) is 18.2 Å². The second-order valence-corrected chi connectivity index (χ2v) is 4.89. The van der Waals surface area contributed by atoms with Gasteiger partial charge in [-0.05, 0) is 42.2 Å². The molecular weight excluding hydrogens is 271 g/mol. The molecule has 1 atom stereocenters. The molecule has 0 spiro atoms. The van der Waals surface area contributed by atoms with Crippen LogP contribution in [0.4, 0.5) is 4.39 Å². The molecule has 4 heteroatoms. The number of methoxy groups -OCH3 is 1. The maximum atomic E-state index is 13.7. The fourth-order valence-electron chi connectivity index (χ4n) is 2.26. The molecule has 0 saturated carbocycles. The second kappa shape index (κ2) is 6.88. The van der Waals surface area contributed by atoms with Crippen molar-refractivity contribution >= 4 is 5.97 Å². The maximum Gasteiger partial charge on any atom is 0.307 e. The molecule has 0 bridgehead atoms. The summed E-state index contributed by atoms with van der Waals surface area (Å²) in [6, 6.07) is 13.5. The average Bonchev–Trinajstić information content (AvgIpc) is 2.49. The van der Waals surface area contributed by atoms with Gasteiger partial charge in [0.25, 0.3) is 0 Å².